The molecule has 0 aliphatic carbocycles. The summed E-state index contributed by atoms with van der Waals surface area (Å²) in [5.41, 5.74) is 3.02. The lowest BCUT2D eigenvalue weighted by atomic mass is 10.0. The number of pyridine rings is 1. The van der Waals surface area contributed by atoms with Crippen LogP contribution in [0.25, 0.3) is 0 Å². The Hall–Kier alpha value is -4.36. The molecule has 0 bridgehead atoms. The molecule has 6 rings (SSSR count). The zero-order chi connectivity index (χ0) is 24.3. The van der Waals surface area contributed by atoms with Crippen molar-refractivity contribution in [3.05, 3.63) is 133 Å². The molecular formula is C29H24N4O2S. The molecule has 1 saturated heterocycles. The number of ether oxygens (including phenoxy) is 1. The van der Waals surface area contributed by atoms with Crippen molar-refractivity contribution in [1.82, 2.24) is 14.9 Å². The van der Waals surface area contributed by atoms with E-state index in [1.54, 1.807) is 6.26 Å². The van der Waals surface area contributed by atoms with E-state index >= 15 is 0 Å². The van der Waals surface area contributed by atoms with Gasteiger partial charge in [0.2, 0.25) is 0 Å². The first-order valence-corrected chi connectivity index (χ1v) is 12.2. The standard InChI is InChI=1S/C29H24N4O2S/c36-29-31-27(25-11-4-5-17-30-25)28(26-12-6-18-32(26)20-24-10-7-19-34-24)33(29)21-13-15-23(16-14-21)35-22-8-2-1-3-9-22/h1-19,27-28H,20H2,(H,31,36). The van der Waals surface area contributed by atoms with Crippen LogP contribution in [0.15, 0.2) is 120 Å². The van der Waals surface area contributed by atoms with Crippen LogP contribution in [-0.2, 0) is 6.54 Å². The first-order valence-electron chi connectivity index (χ1n) is 11.8. The first kappa shape index (κ1) is 22.1. The minimum Gasteiger partial charge on any atom is -0.467 e. The highest BCUT2D eigenvalue weighted by molar-refractivity contribution is 7.80. The number of nitrogens with zero attached hydrogens (tertiary/aromatic N) is 3. The van der Waals surface area contributed by atoms with Gasteiger partial charge in [-0.05, 0) is 85.0 Å². The maximum absolute atomic E-state index is 6.00. The lowest BCUT2D eigenvalue weighted by molar-refractivity contribution is 0.475. The van der Waals surface area contributed by atoms with Crippen LogP contribution in [-0.4, -0.2) is 14.7 Å². The van der Waals surface area contributed by atoms with E-state index < -0.39 is 0 Å². The maximum Gasteiger partial charge on any atom is 0.174 e. The summed E-state index contributed by atoms with van der Waals surface area (Å²) >= 11 is 5.88. The van der Waals surface area contributed by atoms with Crippen molar-refractivity contribution in [2.75, 3.05) is 4.90 Å². The number of thiocarbonyl (C=S) groups is 1. The average molecular weight is 493 g/mol. The molecule has 1 aliphatic heterocycles. The van der Waals surface area contributed by atoms with Gasteiger partial charge >= 0.3 is 0 Å². The molecule has 0 saturated carbocycles. The second kappa shape index (κ2) is 9.71. The van der Waals surface area contributed by atoms with Crippen LogP contribution in [0.2, 0.25) is 0 Å². The van der Waals surface area contributed by atoms with Gasteiger partial charge in [0.1, 0.15) is 23.3 Å². The highest BCUT2D eigenvalue weighted by atomic mass is 32.1. The molecule has 0 radical (unpaired) electrons. The van der Waals surface area contributed by atoms with Crippen LogP contribution < -0.4 is 15.0 Å². The Bertz CT molecular complexity index is 1430. The Morgan fingerprint density at radius 2 is 1.67 bits per heavy atom. The summed E-state index contributed by atoms with van der Waals surface area (Å²) in [6, 6.07) is 31.6. The Balaban J connectivity index is 1.36. The van der Waals surface area contributed by atoms with E-state index in [4.69, 9.17) is 21.4 Å². The normalized spacial score (nSPS) is 17.2. The smallest absolute Gasteiger partial charge is 0.174 e. The van der Waals surface area contributed by atoms with Crippen molar-refractivity contribution in [3.8, 4) is 11.5 Å². The van der Waals surface area contributed by atoms with Crippen LogP contribution in [0.3, 0.4) is 0 Å². The third kappa shape index (κ3) is 4.36. The molecule has 6 nitrogen and oxygen atoms in total. The molecule has 5 aromatic rings. The fourth-order valence-electron chi connectivity index (χ4n) is 4.64. The van der Waals surface area contributed by atoms with Crippen molar-refractivity contribution in [2.24, 2.45) is 0 Å². The van der Waals surface area contributed by atoms with Crippen molar-refractivity contribution in [3.63, 3.8) is 0 Å². The van der Waals surface area contributed by atoms with Crippen LogP contribution in [0.5, 0.6) is 11.5 Å². The lowest BCUT2D eigenvalue weighted by Crippen LogP contribution is -2.30. The number of benzene rings is 2. The zero-order valence-electron chi connectivity index (χ0n) is 19.4. The Morgan fingerprint density at radius 3 is 2.42 bits per heavy atom. The van der Waals surface area contributed by atoms with Gasteiger partial charge in [-0.25, -0.2) is 0 Å². The number of nitrogens with one attached hydrogen (secondary N) is 1. The molecule has 4 heterocycles. The fourth-order valence-corrected chi connectivity index (χ4v) is 4.99. The van der Waals surface area contributed by atoms with E-state index in [-0.39, 0.29) is 12.1 Å². The van der Waals surface area contributed by atoms with Gasteiger partial charge in [0.15, 0.2) is 5.11 Å². The molecule has 2 atom stereocenters. The molecule has 1 N–H and O–H groups in total. The number of aromatic nitrogens is 2. The van der Waals surface area contributed by atoms with E-state index in [0.29, 0.717) is 11.7 Å². The van der Waals surface area contributed by atoms with E-state index in [0.717, 1.165) is 34.3 Å². The van der Waals surface area contributed by atoms with Gasteiger partial charge in [-0.2, -0.15) is 0 Å². The van der Waals surface area contributed by atoms with Crippen molar-refractivity contribution in [1.29, 1.82) is 0 Å². The van der Waals surface area contributed by atoms with Gasteiger partial charge in [0.25, 0.3) is 0 Å². The largest absolute Gasteiger partial charge is 0.467 e. The predicted molar refractivity (Wildman–Crippen MR) is 143 cm³/mol. The monoisotopic (exact) mass is 492 g/mol. The number of furan rings is 1. The molecule has 1 fully saturated rings. The number of para-hydroxylation sites is 1. The minimum atomic E-state index is -0.121. The molecule has 2 aromatic carbocycles. The van der Waals surface area contributed by atoms with Gasteiger partial charge in [-0.3, -0.25) is 4.98 Å². The molecule has 0 amide bonds. The van der Waals surface area contributed by atoms with Crippen LogP contribution in [0.4, 0.5) is 5.69 Å². The van der Waals surface area contributed by atoms with Crippen molar-refractivity contribution >= 4 is 23.0 Å². The second-order valence-corrected chi connectivity index (χ2v) is 8.93. The summed E-state index contributed by atoms with van der Waals surface area (Å²) in [6.45, 7) is 0.630. The first-order chi connectivity index (χ1) is 17.8. The van der Waals surface area contributed by atoms with Crippen molar-refractivity contribution < 1.29 is 9.15 Å². The molecule has 178 valence electrons. The van der Waals surface area contributed by atoms with Crippen LogP contribution in [0, 0.1) is 0 Å². The molecule has 2 unspecified atom stereocenters. The lowest BCUT2D eigenvalue weighted by Gasteiger charge is -2.29. The van der Waals surface area contributed by atoms with E-state index in [1.165, 1.54) is 0 Å². The average Bonchev–Trinajstić information content (AvgIpc) is 3.67. The highest BCUT2D eigenvalue weighted by Crippen LogP contribution is 2.42. The quantitative estimate of drug-likeness (QED) is 0.262. The van der Waals surface area contributed by atoms with Crippen molar-refractivity contribution in [2.45, 2.75) is 18.6 Å². The van der Waals surface area contributed by atoms with Gasteiger partial charge in [0, 0.05) is 23.8 Å². The summed E-state index contributed by atoms with van der Waals surface area (Å²) in [5, 5.41) is 4.18. The molecule has 0 spiro atoms. The maximum atomic E-state index is 6.00. The Labute approximate surface area is 214 Å². The third-order valence-electron chi connectivity index (χ3n) is 6.27. The zero-order valence-corrected chi connectivity index (χ0v) is 20.2. The van der Waals surface area contributed by atoms with Gasteiger partial charge in [0.05, 0.1) is 24.5 Å². The molecular weight excluding hydrogens is 468 g/mol. The minimum absolute atomic E-state index is 0.113. The van der Waals surface area contributed by atoms with Crippen LogP contribution in [0.1, 0.15) is 29.2 Å². The van der Waals surface area contributed by atoms with E-state index in [9.17, 15) is 0 Å². The highest BCUT2D eigenvalue weighted by Gasteiger charge is 2.42. The summed E-state index contributed by atoms with van der Waals surface area (Å²) in [6.07, 6.45) is 5.59. The Kier molecular flexibility index (Phi) is 5.97. The van der Waals surface area contributed by atoms with Crippen LogP contribution >= 0.6 is 12.2 Å². The topological polar surface area (TPSA) is 55.5 Å². The molecule has 7 heteroatoms. The summed E-state index contributed by atoms with van der Waals surface area (Å²) in [7, 11) is 0. The van der Waals surface area contributed by atoms with E-state index in [1.807, 2.05) is 91.1 Å². The van der Waals surface area contributed by atoms with Gasteiger partial charge < -0.3 is 23.9 Å². The third-order valence-corrected chi connectivity index (χ3v) is 6.58. The van der Waals surface area contributed by atoms with E-state index in [2.05, 4.69) is 38.1 Å². The summed E-state index contributed by atoms with van der Waals surface area (Å²) in [5.74, 6) is 2.46. The number of hydrogen-bond acceptors (Lipinski definition) is 4. The fraction of sp³-hybridized carbons (Fsp3) is 0.103. The SMILES string of the molecule is S=C1NC(c2ccccn2)C(c2cccn2Cc2ccco2)N1c1ccc(Oc2ccccc2)cc1. The summed E-state index contributed by atoms with van der Waals surface area (Å²) in [4.78, 5) is 6.81. The molecule has 1 aliphatic rings. The Morgan fingerprint density at radius 1 is 0.861 bits per heavy atom. The van der Waals surface area contributed by atoms with Gasteiger partial charge in [-0.15, -0.1) is 0 Å². The number of anilines is 1. The summed E-state index contributed by atoms with van der Waals surface area (Å²) < 4.78 is 13.8. The molecule has 3 aromatic heterocycles. The molecule has 36 heavy (non-hydrogen) atoms. The number of hydrogen-bond donors (Lipinski definition) is 1. The number of rotatable bonds is 7. The second-order valence-electron chi connectivity index (χ2n) is 8.55. The predicted octanol–water partition coefficient (Wildman–Crippen LogP) is 6.49. The van der Waals surface area contributed by atoms with Gasteiger partial charge in [-0.1, -0.05) is 24.3 Å².